The molecule has 1 aliphatic heterocycles. The zero-order valence-electron chi connectivity index (χ0n) is 11.6. The number of halogens is 2. The molecule has 0 radical (unpaired) electrons. The van der Waals surface area contributed by atoms with Gasteiger partial charge < -0.3 is 10.2 Å². The lowest BCUT2D eigenvalue weighted by Crippen LogP contribution is -2.44. The van der Waals surface area contributed by atoms with E-state index in [-0.39, 0.29) is 24.8 Å². The van der Waals surface area contributed by atoms with Crippen LogP contribution >= 0.6 is 24.8 Å². The fourth-order valence-corrected chi connectivity index (χ4v) is 2.68. The summed E-state index contributed by atoms with van der Waals surface area (Å²) in [7, 11) is -1.68. The van der Waals surface area contributed by atoms with Gasteiger partial charge in [0.25, 0.3) is 10.2 Å². The number of hydrogen-bond acceptors (Lipinski definition) is 4. The van der Waals surface area contributed by atoms with Crippen LogP contribution in [0, 0.1) is 0 Å². The molecule has 0 saturated carbocycles. The van der Waals surface area contributed by atoms with Crippen molar-refractivity contribution >= 4 is 35.0 Å². The number of rotatable bonds is 7. The largest absolute Gasteiger partial charge is 0.314 e. The van der Waals surface area contributed by atoms with Gasteiger partial charge in [-0.1, -0.05) is 6.92 Å². The molecule has 0 aliphatic carbocycles. The highest BCUT2D eigenvalue weighted by Gasteiger charge is 2.15. The van der Waals surface area contributed by atoms with Crippen LogP contribution in [-0.2, 0) is 10.2 Å². The highest BCUT2D eigenvalue weighted by molar-refractivity contribution is 7.87. The van der Waals surface area contributed by atoms with Crippen LogP contribution in [0.2, 0.25) is 0 Å². The number of piperazine rings is 1. The minimum atomic E-state index is -3.26. The summed E-state index contributed by atoms with van der Waals surface area (Å²) in [6.07, 6.45) is 0.858. The summed E-state index contributed by atoms with van der Waals surface area (Å²) >= 11 is 0. The summed E-state index contributed by atoms with van der Waals surface area (Å²) in [5.74, 6) is 0. The zero-order valence-corrected chi connectivity index (χ0v) is 14.0. The first kappa shape index (κ1) is 21.7. The van der Waals surface area contributed by atoms with Gasteiger partial charge >= 0.3 is 0 Å². The SMILES string of the molecule is CCN(C)S(=O)(=O)NCCCN1CCNCC1.Cl.Cl. The molecule has 1 heterocycles. The lowest BCUT2D eigenvalue weighted by molar-refractivity contribution is 0.239. The molecule has 0 aromatic rings. The Balaban J connectivity index is 0. The normalized spacial score (nSPS) is 16.8. The van der Waals surface area contributed by atoms with Crippen LogP contribution in [0.4, 0.5) is 0 Å². The Hall–Kier alpha value is 0.370. The summed E-state index contributed by atoms with van der Waals surface area (Å²) in [6, 6.07) is 0. The first-order valence-electron chi connectivity index (χ1n) is 6.20. The topological polar surface area (TPSA) is 64.7 Å². The summed E-state index contributed by atoms with van der Waals surface area (Å²) in [5, 5.41) is 3.29. The van der Waals surface area contributed by atoms with Crippen molar-refractivity contribution in [2.45, 2.75) is 13.3 Å². The molecule has 0 spiro atoms. The Bertz CT molecular complexity index is 311. The molecule has 1 rings (SSSR count). The number of hydrogen-bond donors (Lipinski definition) is 2. The maximum Gasteiger partial charge on any atom is 0.279 e. The highest BCUT2D eigenvalue weighted by Crippen LogP contribution is 1.96. The van der Waals surface area contributed by atoms with Gasteiger partial charge in [-0.2, -0.15) is 12.7 Å². The third-order valence-electron chi connectivity index (χ3n) is 3.00. The molecule has 1 fully saturated rings. The average molecular weight is 337 g/mol. The third kappa shape index (κ3) is 8.29. The smallest absolute Gasteiger partial charge is 0.279 e. The van der Waals surface area contributed by atoms with Gasteiger partial charge in [-0.05, 0) is 13.0 Å². The monoisotopic (exact) mass is 336 g/mol. The Morgan fingerprint density at radius 1 is 1.26 bits per heavy atom. The number of nitrogens with zero attached hydrogens (tertiary/aromatic N) is 2. The quantitative estimate of drug-likeness (QED) is 0.638. The van der Waals surface area contributed by atoms with E-state index < -0.39 is 10.2 Å². The first-order valence-corrected chi connectivity index (χ1v) is 7.64. The van der Waals surface area contributed by atoms with E-state index in [4.69, 9.17) is 0 Å². The molecule has 19 heavy (non-hydrogen) atoms. The molecular formula is C10H26Cl2N4O2S. The van der Waals surface area contributed by atoms with Gasteiger partial charge in [0.15, 0.2) is 0 Å². The van der Waals surface area contributed by atoms with Gasteiger partial charge in [-0.25, -0.2) is 4.72 Å². The van der Waals surface area contributed by atoms with Crippen molar-refractivity contribution in [3.63, 3.8) is 0 Å². The Labute approximate surface area is 129 Å². The minimum absolute atomic E-state index is 0. The zero-order chi connectivity index (χ0) is 12.7. The molecule has 118 valence electrons. The maximum absolute atomic E-state index is 11.6. The summed E-state index contributed by atoms with van der Waals surface area (Å²) in [5.41, 5.74) is 0. The van der Waals surface area contributed by atoms with Crippen LogP contribution in [0.1, 0.15) is 13.3 Å². The first-order chi connectivity index (χ1) is 8.06. The summed E-state index contributed by atoms with van der Waals surface area (Å²) in [6.45, 7) is 7.96. The van der Waals surface area contributed by atoms with E-state index in [1.54, 1.807) is 7.05 Å². The van der Waals surface area contributed by atoms with Crippen molar-refractivity contribution in [1.29, 1.82) is 0 Å². The van der Waals surface area contributed by atoms with Crippen molar-refractivity contribution in [2.24, 2.45) is 0 Å². The molecule has 1 saturated heterocycles. The Morgan fingerprint density at radius 2 is 1.84 bits per heavy atom. The second-order valence-corrected chi connectivity index (χ2v) is 6.12. The molecule has 9 heteroatoms. The highest BCUT2D eigenvalue weighted by atomic mass is 35.5. The van der Waals surface area contributed by atoms with E-state index >= 15 is 0 Å². The van der Waals surface area contributed by atoms with Gasteiger partial charge in [0, 0.05) is 46.3 Å². The van der Waals surface area contributed by atoms with E-state index in [9.17, 15) is 8.42 Å². The summed E-state index contributed by atoms with van der Waals surface area (Å²) in [4.78, 5) is 2.36. The number of nitrogens with one attached hydrogen (secondary N) is 2. The predicted molar refractivity (Wildman–Crippen MR) is 83.6 cm³/mol. The fraction of sp³-hybridized carbons (Fsp3) is 1.00. The van der Waals surface area contributed by atoms with Crippen LogP contribution < -0.4 is 10.0 Å². The second-order valence-electron chi connectivity index (χ2n) is 4.26. The van der Waals surface area contributed by atoms with Gasteiger partial charge in [0.1, 0.15) is 0 Å². The van der Waals surface area contributed by atoms with E-state index in [2.05, 4.69) is 14.9 Å². The van der Waals surface area contributed by atoms with Gasteiger partial charge in [-0.3, -0.25) is 0 Å². The van der Waals surface area contributed by atoms with Crippen molar-refractivity contribution in [1.82, 2.24) is 19.2 Å². The maximum atomic E-state index is 11.6. The molecule has 0 unspecified atom stereocenters. The van der Waals surface area contributed by atoms with Gasteiger partial charge in [0.05, 0.1) is 0 Å². The lowest BCUT2D eigenvalue weighted by atomic mass is 10.3. The Kier molecular flexibility index (Phi) is 12.6. The molecule has 0 amide bonds. The molecule has 0 atom stereocenters. The third-order valence-corrected chi connectivity index (χ3v) is 4.65. The average Bonchev–Trinajstić information content (AvgIpc) is 2.35. The second kappa shape index (κ2) is 11.1. The molecular weight excluding hydrogens is 311 g/mol. The predicted octanol–water partition coefficient (Wildman–Crippen LogP) is -0.0886. The van der Waals surface area contributed by atoms with Gasteiger partial charge in [0.2, 0.25) is 0 Å². The van der Waals surface area contributed by atoms with Crippen LogP contribution in [0.25, 0.3) is 0 Å². The molecule has 0 aromatic heterocycles. The molecule has 0 bridgehead atoms. The van der Waals surface area contributed by atoms with Gasteiger partial charge in [-0.15, -0.1) is 24.8 Å². The van der Waals surface area contributed by atoms with E-state index in [0.29, 0.717) is 13.1 Å². The van der Waals surface area contributed by atoms with E-state index in [1.807, 2.05) is 6.92 Å². The minimum Gasteiger partial charge on any atom is -0.314 e. The van der Waals surface area contributed by atoms with Crippen LogP contribution in [0.5, 0.6) is 0 Å². The van der Waals surface area contributed by atoms with Crippen LogP contribution in [0.3, 0.4) is 0 Å². The molecule has 6 nitrogen and oxygen atoms in total. The fourth-order valence-electron chi connectivity index (χ4n) is 1.72. The molecule has 2 N–H and O–H groups in total. The van der Waals surface area contributed by atoms with E-state index in [0.717, 1.165) is 39.1 Å². The lowest BCUT2D eigenvalue weighted by Gasteiger charge is -2.27. The molecule has 0 aromatic carbocycles. The standard InChI is InChI=1S/C10H24N4O2S.2ClH/c1-3-13(2)17(15,16)12-5-4-8-14-9-6-11-7-10-14;;/h11-12H,3-10H2,1-2H3;2*1H. The molecule has 1 aliphatic rings. The Morgan fingerprint density at radius 3 is 2.37 bits per heavy atom. The van der Waals surface area contributed by atoms with E-state index in [1.165, 1.54) is 4.31 Å². The van der Waals surface area contributed by atoms with Crippen LogP contribution in [0.15, 0.2) is 0 Å². The van der Waals surface area contributed by atoms with Crippen LogP contribution in [-0.4, -0.2) is 70.5 Å². The van der Waals surface area contributed by atoms with Crippen molar-refractivity contribution in [3.8, 4) is 0 Å². The summed E-state index contributed by atoms with van der Waals surface area (Å²) < 4.78 is 27.1. The van der Waals surface area contributed by atoms with Crippen molar-refractivity contribution in [2.75, 3.05) is 52.9 Å². The van der Waals surface area contributed by atoms with Crippen molar-refractivity contribution < 1.29 is 8.42 Å². The van der Waals surface area contributed by atoms with Crippen molar-refractivity contribution in [3.05, 3.63) is 0 Å².